The van der Waals surface area contributed by atoms with E-state index in [1.807, 2.05) is 11.0 Å². The summed E-state index contributed by atoms with van der Waals surface area (Å²) in [7, 11) is 0. The van der Waals surface area contributed by atoms with Crippen molar-refractivity contribution in [3.05, 3.63) is 65.1 Å². The summed E-state index contributed by atoms with van der Waals surface area (Å²) in [5.41, 5.74) is 5.92. The van der Waals surface area contributed by atoms with Crippen LogP contribution in [0.3, 0.4) is 0 Å². The van der Waals surface area contributed by atoms with Gasteiger partial charge in [0, 0.05) is 37.4 Å². The van der Waals surface area contributed by atoms with Gasteiger partial charge in [-0.2, -0.15) is 0 Å². The van der Waals surface area contributed by atoms with Gasteiger partial charge in [-0.3, -0.25) is 4.79 Å². The molecule has 30 heavy (non-hydrogen) atoms. The normalized spacial score (nSPS) is 21.3. The van der Waals surface area contributed by atoms with Gasteiger partial charge in [0.15, 0.2) is 0 Å². The van der Waals surface area contributed by atoms with Gasteiger partial charge in [0.05, 0.1) is 6.61 Å². The highest BCUT2D eigenvalue weighted by Crippen LogP contribution is 2.40. The van der Waals surface area contributed by atoms with Crippen molar-refractivity contribution in [3.8, 4) is 0 Å². The first kappa shape index (κ1) is 20.5. The second-order valence-electron chi connectivity index (χ2n) is 8.48. The van der Waals surface area contributed by atoms with Crippen LogP contribution in [0.4, 0.5) is 5.82 Å². The maximum atomic E-state index is 11.9. The van der Waals surface area contributed by atoms with E-state index in [-0.39, 0.29) is 12.5 Å². The van der Waals surface area contributed by atoms with Crippen LogP contribution in [0, 0.1) is 12.8 Å². The van der Waals surface area contributed by atoms with Gasteiger partial charge in [0.1, 0.15) is 12.1 Å². The average molecular weight is 407 g/mol. The number of amides is 1. The molecule has 1 unspecified atom stereocenters. The Morgan fingerprint density at radius 1 is 1.23 bits per heavy atom. The van der Waals surface area contributed by atoms with Crippen molar-refractivity contribution < 1.29 is 9.90 Å². The summed E-state index contributed by atoms with van der Waals surface area (Å²) < 4.78 is 0. The van der Waals surface area contributed by atoms with Crippen LogP contribution in [0.5, 0.6) is 0 Å². The number of aryl methyl sites for hydroxylation is 1. The molecule has 2 heterocycles. The number of rotatable bonds is 4. The minimum atomic E-state index is -0.00342. The van der Waals surface area contributed by atoms with Crippen LogP contribution in [0.1, 0.15) is 40.8 Å². The molecule has 1 aromatic heterocycles. The van der Waals surface area contributed by atoms with Crippen LogP contribution in [0.15, 0.2) is 37.2 Å². The molecule has 1 N–H and O–H groups in total. The number of hydrogen-bond donors (Lipinski definition) is 1. The Hall–Kier alpha value is -2.73. The number of nitrogens with zero attached hydrogens (tertiary/aromatic N) is 4. The maximum Gasteiger partial charge on any atom is 0.246 e. The predicted molar refractivity (Wildman–Crippen MR) is 117 cm³/mol. The second kappa shape index (κ2) is 8.56. The van der Waals surface area contributed by atoms with Gasteiger partial charge < -0.3 is 14.9 Å². The van der Waals surface area contributed by atoms with E-state index in [1.165, 1.54) is 22.8 Å². The molecule has 1 aliphatic heterocycles. The van der Waals surface area contributed by atoms with E-state index in [1.54, 1.807) is 6.33 Å². The van der Waals surface area contributed by atoms with Crippen LogP contribution in [-0.4, -0.2) is 52.1 Å². The fraction of sp³-hybridized carbons (Fsp3) is 0.458. The Balaban J connectivity index is 1.58. The minimum Gasteiger partial charge on any atom is -0.392 e. The highest BCUT2D eigenvalue weighted by Gasteiger charge is 2.32. The lowest BCUT2D eigenvalue weighted by Crippen LogP contribution is -2.49. The number of benzene rings is 1. The molecule has 6 nitrogen and oxygen atoms in total. The van der Waals surface area contributed by atoms with Gasteiger partial charge in [-0.05, 0) is 54.4 Å². The maximum absolute atomic E-state index is 11.9. The summed E-state index contributed by atoms with van der Waals surface area (Å²) in [4.78, 5) is 25.3. The number of aliphatic hydroxyl groups is 1. The first-order valence-electron chi connectivity index (χ1n) is 10.7. The molecule has 2 aromatic rings. The Morgan fingerprint density at radius 3 is 2.70 bits per heavy atom. The smallest absolute Gasteiger partial charge is 0.246 e. The van der Waals surface area contributed by atoms with Crippen LogP contribution in [0.2, 0.25) is 0 Å². The van der Waals surface area contributed by atoms with Crippen molar-refractivity contribution in [3.63, 3.8) is 0 Å². The quantitative estimate of drug-likeness (QED) is 0.791. The summed E-state index contributed by atoms with van der Waals surface area (Å²) >= 11 is 0. The number of carbonyl (C=O) groups excluding carboxylic acids is 1. The molecule has 1 saturated heterocycles. The first-order valence-corrected chi connectivity index (χ1v) is 10.7. The molecule has 2 aliphatic rings. The fourth-order valence-electron chi connectivity index (χ4n) is 4.84. The summed E-state index contributed by atoms with van der Waals surface area (Å²) in [5.74, 6) is 1.86. The second-order valence-corrected chi connectivity index (χ2v) is 8.48. The lowest BCUT2D eigenvalue weighted by molar-refractivity contribution is -0.126. The Bertz CT molecular complexity index is 950. The Kier molecular flexibility index (Phi) is 5.86. The highest BCUT2D eigenvalue weighted by atomic mass is 16.3. The lowest BCUT2D eigenvalue weighted by Gasteiger charge is -2.38. The molecule has 0 saturated carbocycles. The molecule has 1 amide bonds. The molecular weight excluding hydrogens is 376 g/mol. The van der Waals surface area contributed by atoms with Crippen molar-refractivity contribution >= 4 is 11.7 Å². The summed E-state index contributed by atoms with van der Waals surface area (Å²) in [6, 6.07) is 6.26. The fourth-order valence-corrected chi connectivity index (χ4v) is 4.84. The van der Waals surface area contributed by atoms with Gasteiger partial charge in [0.25, 0.3) is 0 Å². The third kappa shape index (κ3) is 3.84. The van der Waals surface area contributed by atoms with E-state index in [9.17, 15) is 9.90 Å². The number of aliphatic hydroxyl groups excluding tert-OH is 1. The van der Waals surface area contributed by atoms with Crippen LogP contribution < -0.4 is 4.90 Å². The molecular formula is C24H30N4O2. The van der Waals surface area contributed by atoms with E-state index in [0.717, 1.165) is 43.0 Å². The van der Waals surface area contributed by atoms with E-state index in [0.29, 0.717) is 24.9 Å². The molecule has 2 atom stereocenters. The zero-order valence-corrected chi connectivity index (χ0v) is 17.8. The zero-order chi connectivity index (χ0) is 21.3. The number of aromatic nitrogens is 2. The van der Waals surface area contributed by atoms with Crippen molar-refractivity contribution in [2.75, 3.05) is 31.1 Å². The monoisotopic (exact) mass is 406 g/mol. The zero-order valence-electron chi connectivity index (χ0n) is 17.8. The van der Waals surface area contributed by atoms with E-state index in [4.69, 9.17) is 0 Å². The van der Waals surface area contributed by atoms with E-state index >= 15 is 0 Å². The number of carbonyl (C=O) groups is 1. The SMILES string of the molecule is C=CC(=O)N1CCN(c2ncnc3c2C[C@H](C)C(c2cc(CO)ccc2C)C3)CC1. The third-order valence-electron chi connectivity index (χ3n) is 6.63. The standard InChI is InChI=1S/C24H30N4O2/c1-4-23(30)27-7-9-28(10-8-27)24-21-11-17(3)20(13-22(21)25-15-26-24)19-12-18(14-29)6-5-16(19)2/h4-6,12,15,17,20,29H,1,7-11,13-14H2,2-3H3/t17-,20?/m0/s1. The molecule has 1 aromatic carbocycles. The van der Waals surface area contributed by atoms with Crippen LogP contribution in [-0.2, 0) is 24.2 Å². The van der Waals surface area contributed by atoms with Gasteiger partial charge in [-0.1, -0.05) is 31.7 Å². The number of piperazine rings is 1. The molecule has 158 valence electrons. The molecule has 0 bridgehead atoms. The molecule has 1 aliphatic carbocycles. The van der Waals surface area contributed by atoms with Crippen molar-refractivity contribution in [1.29, 1.82) is 0 Å². The van der Waals surface area contributed by atoms with Crippen molar-refractivity contribution in [1.82, 2.24) is 14.9 Å². The van der Waals surface area contributed by atoms with Crippen LogP contribution in [0.25, 0.3) is 0 Å². The summed E-state index contributed by atoms with van der Waals surface area (Å²) in [6.07, 6.45) is 4.89. The topological polar surface area (TPSA) is 69.6 Å². The van der Waals surface area contributed by atoms with Gasteiger partial charge in [0.2, 0.25) is 5.91 Å². The van der Waals surface area contributed by atoms with Gasteiger partial charge >= 0.3 is 0 Å². The Morgan fingerprint density at radius 2 is 2.00 bits per heavy atom. The molecule has 0 radical (unpaired) electrons. The third-order valence-corrected chi connectivity index (χ3v) is 6.63. The lowest BCUT2D eigenvalue weighted by atomic mass is 9.74. The van der Waals surface area contributed by atoms with Crippen LogP contribution >= 0.6 is 0 Å². The largest absolute Gasteiger partial charge is 0.392 e. The predicted octanol–water partition coefficient (Wildman–Crippen LogP) is 2.63. The van der Waals surface area contributed by atoms with Crippen molar-refractivity contribution in [2.45, 2.75) is 39.2 Å². The summed E-state index contributed by atoms with van der Waals surface area (Å²) in [5, 5.41) is 9.57. The molecule has 4 rings (SSSR count). The summed E-state index contributed by atoms with van der Waals surface area (Å²) in [6.45, 7) is 11.0. The number of hydrogen-bond acceptors (Lipinski definition) is 5. The van der Waals surface area contributed by atoms with E-state index in [2.05, 4.69) is 47.4 Å². The molecule has 6 heteroatoms. The highest BCUT2D eigenvalue weighted by molar-refractivity contribution is 5.87. The minimum absolute atomic E-state index is 0.00342. The van der Waals surface area contributed by atoms with E-state index < -0.39 is 0 Å². The first-order chi connectivity index (χ1) is 14.5. The molecule has 0 spiro atoms. The van der Waals surface area contributed by atoms with Crippen molar-refractivity contribution in [2.24, 2.45) is 5.92 Å². The van der Waals surface area contributed by atoms with Gasteiger partial charge in [-0.15, -0.1) is 0 Å². The number of fused-ring (bicyclic) bond motifs is 1. The average Bonchev–Trinajstić information content (AvgIpc) is 2.78. The Labute approximate surface area is 178 Å². The number of anilines is 1. The molecule has 1 fully saturated rings. The van der Waals surface area contributed by atoms with Gasteiger partial charge in [-0.25, -0.2) is 9.97 Å².